The zero-order valence-corrected chi connectivity index (χ0v) is 10.5. The fourth-order valence-electron chi connectivity index (χ4n) is 0.780. The van der Waals surface area contributed by atoms with Gasteiger partial charge < -0.3 is 9.47 Å². The van der Waals surface area contributed by atoms with Gasteiger partial charge in [0.2, 0.25) is 0 Å². The molecule has 0 N–H and O–H groups in total. The summed E-state index contributed by atoms with van der Waals surface area (Å²) in [6, 6.07) is 0. The van der Waals surface area contributed by atoms with Crippen LogP contribution in [0.2, 0.25) is 0 Å². The summed E-state index contributed by atoms with van der Waals surface area (Å²) in [5, 5.41) is 0. The highest BCUT2D eigenvalue weighted by Crippen LogP contribution is 2.13. The van der Waals surface area contributed by atoms with E-state index in [-0.39, 0.29) is 29.7 Å². The Morgan fingerprint density at radius 3 is 1.05 bits per heavy atom. The lowest BCUT2D eigenvalue weighted by Gasteiger charge is -2.14. The summed E-state index contributed by atoms with van der Waals surface area (Å²) in [6.07, 6.45) is 1.25. The quantitative estimate of drug-likeness (QED) is 0.712. The lowest BCUT2D eigenvalue weighted by atomic mass is 9.96. The van der Waals surface area contributed by atoms with E-state index in [4.69, 9.17) is 0 Å². The number of carbonyl (C=O) groups is 2. The van der Waals surface area contributed by atoms with Crippen LogP contribution in [0.5, 0.6) is 0 Å². The zero-order valence-electron chi connectivity index (χ0n) is 10.5. The van der Waals surface area contributed by atoms with Crippen LogP contribution in [-0.4, -0.2) is 26.2 Å². The van der Waals surface area contributed by atoms with Crippen LogP contribution in [0.25, 0.3) is 0 Å². The number of methoxy groups -OCH3 is 2. The van der Waals surface area contributed by atoms with Crippen LogP contribution in [-0.2, 0) is 19.1 Å². The lowest BCUT2D eigenvalue weighted by Crippen LogP contribution is -2.27. The molecule has 0 rings (SSSR count). The molecule has 2 atom stereocenters. The van der Waals surface area contributed by atoms with Gasteiger partial charge >= 0.3 is 11.9 Å². The molecule has 0 heterocycles. The molecule has 0 amide bonds. The molecule has 0 spiro atoms. The number of hydrogen-bond donors (Lipinski definition) is 0. The largest absolute Gasteiger partial charge is 0.469 e. The van der Waals surface area contributed by atoms with Gasteiger partial charge in [-0.15, -0.1) is 0 Å². The second kappa shape index (κ2) is 22.1. The summed E-state index contributed by atoms with van der Waals surface area (Å²) >= 11 is 0. The molecule has 0 fully saturated rings. The van der Waals surface area contributed by atoms with Crippen molar-refractivity contribution in [3.05, 3.63) is 0 Å². The average molecular weight is 282 g/mol. The summed E-state index contributed by atoms with van der Waals surface area (Å²) in [7, 11) is 2.59. The first-order valence-electron chi connectivity index (χ1n) is 5.11. The topological polar surface area (TPSA) is 52.6 Å². The van der Waals surface area contributed by atoms with Gasteiger partial charge in [-0.3, -0.25) is 9.59 Å². The molecule has 2 unspecified atom stereocenters. The average Bonchev–Trinajstić information content (AvgIpc) is 2.25. The molecule has 0 aliphatic carbocycles. The van der Waals surface area contributed by atoms with E-state index in [0.717, 1.165) is 0 Å². The number of esters is 2. The predicted octanol–water partition coefficient (Wildman–Crippen LogP) is 4.57. The van der Waals surface area contributed by atoms with Gasteiger partial charge in [0.25, 0.3) is 0 Å². The lowest BCUT2D eigenvalue weighted by molar-refractivity contribution is -0.156. The molecule has 4 nitrogen and oxygen atoms in total. The van der Waals surface area contributed by atoms with Gasteiger partial charge in [-0.1, -0.05) is 63.8 Å². The maximum atomic E-state index is 10.9. The second-order valence-corrected chi connectivity index (χ2v) is 3.33. The fraction of sp³-hybridized carbons (Fsp3) is 0.867. The summed E-state index contributed by atoms with van der Waals surface area (Å²) in [6.45, 7) is 7.51. The molecule has 0 radical (unpaired) electrons. The van der Waals surface area contributed by atoms with Gasteiger partial charge in [0, 0.05) is 0 Å². The number of ether oxygens (including phenoxy) is 2. The van der Waals surface area contributed by atoms with Crippen LogP contribution >= 0.6 is 0 Å². The Labute approximate surface area is 121 Å². The third kappa shape index (κ3) is 16.9. The highest BCUT2D eigenvalue weighted by Gasteiger charge is 2.27. The van der Waals surface area contributed by atoms with E-state index in [1.165, 1.54) is 20.6 Å². The van der Waals surface area contributed by atoms with E-state index in [1.54, 1.807) is 13.8 Å². The molecular weight excluding hydrogens is 244 g/mol. The maximum absolute atomic E-state index is 10.9. The minimum Gasteiger partial charge on any atom is -0.469 e. The van der Waals surface area contributed by atoms with E-state index < -0.39 is 23.8 Å². The third-order valence-electron chi connectivity index (χ3n) is 1.90. The summed E-state index contributed by atoms with van der Waals surface area (Å²) in [5.41, 5.74) is 0. The molecular formula is C15H38O4. The molecule has 0 saturated carbocycles. The van der Waals surface area contributed by atoms with Gasteiger partial charge in [-0.2, -0.15) is 0 Å². The number of hydrogen-bond acceptors (Lipinski definition) is 4. The molecule has 0 saturated heterocycles. The van der Waals surface area contributed by atoms with Gasteiger partial charge in [0.05, 0.1) is 26.1 Å². The predicted molar refractivity (Wildman–Crippen MR) is 85.2 cm³/mol. The Hall–Kier alpha value is -1.06. The van der Waals surface area contributed by atoms with Gasteiger partial charge in [-0.25, -0.2) is 0 Å². The molecule has 0 aliphatic rings. The van der Waals surface area contributed by atoms with Crippen molar-refractivity contribution in [1.29, 1.82) is 0 Å². The first kappa shape index (κ1) is 36.1. The van der Waals surface area contributed by atoms with E-state index in [2.05, 4.69) is 23.3 Å². The molecule has 0 aromatic carbocycles. The van der Waals surface area contributed by atoms with Crippen LogP contribution in [0.15, 0.2) is 0 Å². The van der Waals surface area contributed by atoms with E-state index >= 15 is 0 Å². The summed E-state index contributed by atoms with van der Waals surface area (Å²) < 4.78 is 8.96. The van der Waals surface area contributed by atoms with Crippen LogP contribution in [0.1, 0.15) is 63.8 Å². The smallest absolute Gasteiger partial charge is 0.309 e. The second-order valence-electron chi connectivity index (χ2n) is 3.33. The fourth-order valence-corrected chi connectivity index (χ4v) is 0.780. The van der Waals surface area contributed by atoms with Crippen LogP contribution < -0.4 is 0 Å². The standard InChI is InChI=1S/C8H14O4.C3H8.4CH4/c1-5(7(9)11-3)6(2)8(10)12-4;1-3-2;;;;/h5-6H,1-4H3;3H2,1-2H3;4*1H4. The summed E-state index contributed by atoms with van der Waals surface area (Å²) in [5.74, 6) is -1.70. The molecule has 122 valence electrons. The number of rotatable bonds is 3. The number of carbonyl (C=O) groups excluding carboxylic acids is 2. The van der Waals surface area contributed by atoms with Crippen molar-refractivity contribution in [3.63, 3.8) is 0 Å². The highest BCUT2D eigenvalue weighted by molar-refractivity contribution is 5.81. The normalized spacial score (nSPS) is 10.2. The van der Waals surface area contributed by atoms with E-state index in [1.807, 2.05) is 0 Å². The maximum Gasteiger partial charge on any atom is 0.309 e. The molecule has 19 heavy (non-hydrogen) atoms. The summed E-state index contributed by atoms with van der Waals surface area (Å²) in [4.78, 5) is 21.9. The van der Waals surface area contributed by atoms with E-state index in [0.29, 0.717) is 0 Å². The Balaban J connectivity index is -0.0000000551. The molecule has 4 heteroatoms. The molecule has 0 aromatic rings. The zero-order chi connectivity index (χ0) is 12.4. The van der Waals surface area contributed by atoms with Crippen LogP contribution in [0.3, 0.4) is 0 Å². The van der Waals surface area contributed by atoms with Crippen molar-refractivity contribution >= 4 is 11.9 Å². The Kier molecular flexibility index (Phi) is 42.1. The Morgan fingerprint density at radius 1 is 0.789 bits per heavy atom. The van der Waals surface area contributed by atoms with Crippen LogP contribution in [0, 0.1) is 11.8 Å². The molecule has 0 aliphatic heterocycles. The molecule has 0 aromatic heterocycles. The van der Waals surface area contributed by atoms with Crippen molar-refractivity contribution in [2.24, 2.45) is 11.8 Å². The monoisotopic (exact) mass is 282 g/mol. The minimum atomic E-state index is -0.456. The van der Waals surface area contributed by atoms with Gasteiger partial charge in [0.1, 0.15) is 0 Å². The van der Waals surface area contributed by atoms with Crippen molar-refractivity contribution in [3.8, 4) is 0 Å². The first-order valence-corrected chi connectivity index (χ1v) is 5.11. The SMILES string of the molecule is C.C.C.C.CCC.COC(=O)C(C)C(C)C(=O)OC. The van der Waals surface area contributed by atoms with Crippen molar-refractivity contribution < 1.29 is 19.1 Å². The van der Waals surface area contributed by atoms with Gasteiger partial charge in [0.15, 0.2) is 0 Å². The van der Waals surface area contributed by atoms with Crippen molar-refractivity contribution in [1.82, 2.24) is 0 Å². The van der Waals surface area contributed by atoms with Crippen LogP contribution in [0.4, 0.5) is 0 Å². The van der Waals surface area contributed by atoms with Crippen molar-refractivity contribution in [2.45, 2.75) is 63.8 Å². The third-order valence-corrected chi connectivity index (χ3v) is 1.90. The highest BCUT2D eigenvalue weighted by atomic mass is 16.5. The Bertz CT molecular complexity index is 171. The minimum absolute atomic E-state index is 0. The first-order chi connectivity index (χ1) is 6.95. The Morgan fingerprint density at radius 2 is 0.947 bits per heavy atom. The van der Waals surface area contributed by atoms with E-state index in [9.17, 15) is 9.59 Å². The van der Waals surface area contributed by atoms with Crippen molar-refractivity contribution in [2.75, 3.05) is 14.2 Å². The van der Waals surface area contributed by atoms with Gasteiger partial charge in [-0.05, 0) is 0 Å². The molecule has 0 bridgehead atoms.